The molecule has 10 heteroatoms. The lowest BCUT2D eigenvalue weighted by Gasteiger charge is -2.47. The largest absolute Gasteiger partial charge is 0.507 e. The van der Waals surface area contributed by atoms with Crippen molar-refractivity contribution in [3.8, 4) is 28.1 Å². The van der Waals surface area contributed by atoms with Crippen LogP contribution in [0.2, 0.25) is 0 Å². The Bertz CT molecular complexity index is 970. The number of aromatic hydroxyl groups is 1. The second kappa shape index (κ2) is 9.80. The SMILES string of the molecule is CN1C2CCC[C@H]1CC(Nc1ncc(-c3ccc(-c4cn[nH]c4)cc3O)nn1)C2.Cl.Cl. The van der Waals surface area contributed by atoms with Crippen LogP contribution in [0.25, 0.3) is 22.4 Å². The summed E-state index contributed by atoms with van der Waals surface area (Å²) in [6.45, 7) is 0. The molecule has 5 rings (SSSR count). The number of benzene rings is 1. The van der Waals surface area contributed by atoms with Gasteiger partial charge in [-0.05, 0) is 50.4 Å². The smallest absolute Gasteiger partial charge is 0.242 e. The first-order valence-electron chi connectivity index (χ1n) is 10.2. The molecule has 0 saturated carbocycles. The number of fused-ring (bicyclic) bond motifs is 2. The van der Waals surface area contributed by atoms with Crippen LogP contribution in [0.3, 0.4) is 0 Å². The minimum Gasteiger partial charge on any atom is -0.507 e. The van der Waals surface area contributed by atoms with E-state index in [9.17, 15) is 5.11 Å². The highest BCUT2D eigenvalue weighted by Crippen LogP contribution is 2.34. The van der Waals surface area contributed by atoms with Gasteiger partial charge in [0.2, 0.25) is 5.95 Å². The zero-order chi connectivity index (χ0) is 19.8. The van der Waals surface area contributed by atoms with E-state index in [-0.39, 0.29) is 30.6 Å². The van der Waals surface area contributed by atoms with Crippen molar-refractivity contribution in [1.82, 2.24) is 30.3 Å². The number of halogens is 2. The summed E-state index contributed by atoms with van der Waals surface area (Å²) < 4.78 is 0. The molecular formula is C21H27Cl2N7O. The first-order valence-corrected chi connectivity index (χ1v) is 10.2. The van der Waals surface area contributed by atoms with E-state index >= 15 is 0 Å². The number of phenols is 1. The van der Waals surface area contributed by atoms with E-state index in [0.29, 0.717) is 35.3 Å². The molecule has 3 atom stereocenters. The quantitative estimate of drug-likeness (QED) is 0.538. The Morgan fingerprint density at radius 3 is 2.45 bits per heavy atom. The average Bonchev–Trinajstić information content (AvgIpc) is 3.24. The van der Waals surface area contributed by atoms with Crippen molar-refractivity contribution in [2.24, 2.45) is 0 Å². The normalized spacial score (nSPS) is 22.8. The number of piperidine rings is 2. The van der Waals surface area contributed by atoms with Crippen LogP contribution in [-0.2, 0) is 0 Å². The number of hydrogen-bond donors (Lipinski definition) is 3. The van der Waals surface area contributed by atoms with Crippen molar-refractivity contribution in [1.29, 1.82) is 0 Å². The summed E-state index contributed by atoms with van der Waals surface area (Å²) >= 11 is 0. The molecule has 1 aromatic carbocycles. The minimum atomic E-state index is 0. The van der Waals surface area contributed by atoms with E-state index in [1.54, 1.807) is 24.7 Å². The highest BCUT2D eigenvalue weighted by Gasteiger charge is 2.36. The van der Waals surface area contributed by atoms with Crippen LogP contribution in [0.15, 0.2) is 36.8 Å². The monoisotopic (exact) mass is 463 g/mol. The lowest BCUT2D eigenvalue weighted by molar-refractivity contribution is 0.0607. The minimum absolute atomic E-state index is 0. The van der Waals surface area contributed by atoms with Gasteiger partial charge in [0.15, 0.2) is 0 Å². The lowest BCUT2D eigenvalue weighted by Crippen LogP contribution is -2.52. The van der Waals surface area contributed by atoms with Crippen LogP contribution in [-0.4, -0.2) is 60.6 Å². The number of hydrogen-bond acceptors (Lipinski definition) is 7. The highest BCUT2D eigenvalue weighted by atomic mass is 35.5. The summed E-state index contributed by atoms with van der Waals surface area (Å²) in [4.78, 5) is 6.99. The van der Waals surface area contributed by atoms with Gasteiger partial charge in [0.25, 0.3) is 0 Å². The molecule has 8 nitrogen and oxygen atoms in total. The van der Waals surface area contributed by atoms with Crippen LogP contribution in [0, 0.1) is 0 Å². The highest BCUT2D eigenvalue weighted by molar-refractivity contribution is 5.85. The second-order valence-corrected chi connectivity index (χ2v) is 8.10. The third-order valence-electron chi connectivity index (χ3n) is 6.34. The Kier molecular flexibility index (Phi) is 7.35. The Morgan fingerprint density at radius 1 is 1.06 bits per heavy atom. The summed E-state index contributed by atoms with van der Waals surface area (Å²) in [6, 6.07) is 7.14. The number of nitrogens with one attached hydrogen (secondary N) is 2. The van der Waals surface area contributed by atoms with E-state index in [1.165, 1.54) is 19.3 Å². The molecule has 31 heavy (non-hydrogen) atoms. The van der Waals surface area contributed by atoms with E-state index in [4.69, 9.17) is 0 Å². The predicted octanol–water partition coefficient (Wildman–Crippen LogP) is 3.91. The zero-order valence-electron chi connectivity index (χ0n) is 17.2. The maximum atomic E-state index is 10.4. The Labute approximate surface area is 193 Å². The Balaban J connectivity index is 0.00000136. The summed E-state index contributed by atoms with van der Waals surface area (Å²) in [5.41, 5.74) is 2.95. The molecule has 2 aliphatic rings. The van der Waals surface area contributed by atoms with Crippen molar-refractivity contribution in [3.05, 3.63) is 36.8 Å². The van der Waals surface area contributed by atoms with Gasteiger partial charge in [0.05, 0.1) is 12.4 Å². The average molecular weight is 464 g/mol. The molecule has 3 N–H and O–H groups in total. The zero-order valence-corrected chi connectivity index (χ0v) is 18.9. The van der Waals surface area contributed by atoms with Crippen molar-refractivity contribution in [3.63, 3.8) is 0 Å². The number of H-pyrrole nitrogens is 1. The molecule has 2 saturated heterocycles. The van der Waals surface area contributed by atoms with E-state index < -0.39 is 0 Å². The molecule has 2 fully saturated rings. The molecule has 3 aromatic rings. The predicted molar refractivity (Wildman–Crippen MR) is 125 cm³/mol. The second-order valence-electron chi connectivity index (χ2n) is 8.10. The molecule has 2 aromatic heterocycles. The number of nitrogens with zero attached hydrogens (tertiary/aromatic N) is 5. The van der Waals surface area contributed by atoms with Crippen LogP contribution >= 0.6 is 24.8 Å². The van der Waals surface area contributed by atoms with Gasteiger partial charge in [-0.15, -0.1) is 35.0 Å². The van der Waals surface area contributed by atoms with Gasteiger partial charge in [-0.3, -0.25) is 5.10 Å². The van der Waals surface area contributed by atoms with E-state index in [1.807, 2.05) is 12.1 Å². The molecule has 2 unspecified atom stereocenters. The fraction of sp³-hybridized carbons (Fsp3) is 0.429. The van der Waals surface area contributed by atoms with Crippen molar-refractivity contribution >= 4 is 30.8 Å². The fourth-order valence-electron chi connectivity index (χ4n) is 4.72. The van der Waals surface area contributed by atoms with Gasteiger partial charge in [-0.25, -0.2) is 4.98 Å². The first kappa shape index (κ1) is 23.2. The lowest BCUT2D eigenvalue weighted by atomic mass is 9.82. The van der Waals surface area contributed by atoms with Crippen LogP contribution in [0.1, 0.15) is 32.1 Å². The van der Waals surface area contributed by atoms with Crippen LogP contribution < -0.4 is 5.32 Å². The van der Waals surface area contributed by atoms with Crippen LogP contribution in [0.4, 0.5) is 5.95 Å². The maximum absolute atomic E-state index is 10.4. The molecule has 0 radical (unpaired) electrons. The number of phenolic OH excluding ortho intramolecular Hbond substituents is 1. The molecular weight excluding hydrogens is 437 g/mol. The number of aromatic amines is 1. The topological polar surface area (TPSA) is 103 Å². The maximum Gasteiger partial charge on any atom is 0.242 e. The summed E-state index contributed by atoms with van der Waals surface area (Å²) in [7, 11) is 2.25. The summed E-state index contributed by atoms with van der Waals surface area (Å²) in [5.74, 6) is 0.694. The number of rotatable bonds is 4. The molecule has 4 heterocycles. The summed E-state index contributed by atoms with van der Waals surface area (Å²) in [5, 5.41) is 29.2. The number of anilines is 1. The van der Waals surface area contributed by atoms with Crippen molar-refractivity contribution < 1.29 is 5.11 Å². The van der Waals surface area contributed by atoms with E-state index in [0.717, 1.165) is 24.0 Å². The van der Waals surface area contributed by atoms with Gasteiger partial charge in [-0.2, -0.15) is 5.10 Å². The molecule has 0 aliphatic carbocycles. The van der Waals surface area contributed by atoms with Gasteiger partial charge >= 0.3 is 0 Å². The van der Waals surface area contributed by atoms with E-state index in [2.05, 4.69) is 42.6 Å². The Hall–Kier alpha value is -2.42. The molecule has 166 valence electrons. The van der Waals surface area contributed by atoms with Gasteiger partial charge in [0, 0.05) is 35.4 Å². The fourth-order valence-corrected chi connectivity index (χ4v) is 4.72. The summed E-state index contributed by atoms with van der Waals surface area (Å²) in [6.07, 6.45) is 11.3. The van der Waals surface area contributed by atoms with Crippen molar-refractivity contribution in [2.75, 3.05) is 12.4 Å². The van der Waals surface area contributed by atoms with Gasteiger partial charge < -0.3 is 15.3 Å². The molecule has 0 amide bonds. The molecule has 0 spiro atoms. The third-order valence-corrected chi connectivity index (χ3v) is 6.34. The third kappa shape index (κ3) is 4.76. The Morgan fingerprint density at radius 2 is 1.84 bits per heavy atom. The first-order chi connectivity index (χ1) is 14.2. The standard InChI is InChI=1S/C21H25N7O.2ClH/c1-28-16-3-2-4-17(28)9-15(8-16)25-21-22-12-19(26-27-21)18-6-5-13(7-20(18)29)14-10-23-24-11-14;;/h5-7,10-12,15-17,29H,2-4,8-9H2,1H3,(H,23,24)(H,22,25,27);2*1H/t15?,16-,17?;;/m0../s1. The van der Waals surface area contributed by atoms with Gasteiger partial charge in [0.1, 0.15) is 11.4 Å². The van der Waals surface area contributed by atoms with Crippen LogP contribution in [0.5, 0.6) is 5.75 Å². The molecule has 2 bridgehead atoms. The van der Waals surface area contributed by atoms with Crippen molar-refractivity contribution in [2.45, 2.75) is 50.2 Å². The molecule has 2 aliphatic heterocycles. The van der Waals surface area contributed by atoms with Gasteiger partial charge in [-0.1, -0.05) is 12.5 Å². The number of aromatic nitrogens is 5.